The number of para-hydroxylation sites is 1. The third kappa shape index (κ3) is 6.04. The Morgan fingerprint density at radius 1 is 1.00 bits per heavy atom. The largest absolute Gasteiger partial charge is 0.497 e. The molecule has 2 aromatic rings. The van der Waals surface area contributed by atoms with Crippen molar-refractivity contribution >= 4 is 33.2 Å². The van der Waals surface area contributed by atoms with Crippen molar-refractivity contribution in [1.82, 2.24) is 4.90 Å². The number of nitrogens with one attached hydrogen (secondary N) is 1. The molecule has 1 aliphatic rings. The first-order valence-corrected chi connectivity index (χ1v) is 12.9. The van der Waals surface area contributed by atoms with Crippen molar-refractivity contribution in [1.29, 1.82) is 0 Å². The number of amides is 2. The standard InChI is InChI=1S/C24H31N3O5S/c1-18(27(33(3,30)31)19-12-14-20(32-2)15-13-19)23(28)25-22-11-7-6-10-21(22)24(29)26-16-8-4-5-9-17-26/h6-7,10-15,18H,4-5,8-9,16-17H2,1-3H3,(H,25,28)/t18-/m0/s1. The van der Waals surface area contributed by atoms with Crippen LogP contribution in [0.15, 0.2) is 48.5 Å². The molecule has 178 valence electrons. The maximum absolute atomic E-state index is 13.2. The minimum atomic E-state index is -3.77. The molecule has 1 atom stereocenters. The van der Waals surface area contributed by atoms with Crippen LogP contribution in [0.1, 0.15) is 43.0 Å². The van der Waals surface area contributed by atoms with Gasteiger partial charge in [0.15, 0.2) is 0 Å². The average molecular weight is 474 g/mol. The molecule has 3 rings (SSSR count). The van der Waals surface area contributed by atoms with Crippen molar-refractivity contribution in [2.45, 2.75) is 38.6 Å². The van der Waals surface area contributed by atoms with E-state index < -0.39 is 22.0 Å². The van der Waals surface area contributed by atoms with E-state index in [1.165, 1.54) is 14.0 Å². The molecule has 1 N–H and O–H groups in total. The normalized spacial score (nSPS) is 15.3. The second-order valence-electron chi connectivity index (χ2n) is 8.17. The van der Waals surface area contributed by atoms with E-state index in [0.29, 0.717) is 35.8 Å². The highest BCUT2D eigenvalue weighted by molar-refractivity contribution is 7.92. The third-order valence-corrected chi connectivity index (χ3v) is 6.97. The Morgan fingerprint density at radius 2 is 1.61 bits per heavy atom. The first-order valence-electron chi connectivity index (χ1n) is 11.0. The van der Waals surface area contributed by atoms with Gasteiger partial charge >= 0.3 is 0 Å². The van der Waals surface area contributed by atoms with Crippen LogP contribution < -0.4 is 14.4 Å². The molecule has 1 fully saturated rings. The summed E-state index contributed by atoms with van der Waals surface area (Å²) in [6.07, 6.45) is 5.18. The van der Waals surface area contributed by atoms with Crippen LogP contribution in [0.3, 0.4) is 0 Å². The van der Waals surface area contributed by atoms with E-state index in [1.54, 1.807) is 48.5 Å². The van der Waals surface area contributed by atoms with Crippen LogP contribution in [0.4, 0.5) is 11.4 Å². The topological polar surface area (TPSA) is 96.0 Å². The number of nitrogens with zero attached hydrogens (tertiary/aromatic N) is 2. The lowest BCUT2D eigenvalue weighted by Gasteiger charge is -2.28. The molecular weight excluding hydrogens is 442 g/mol. The summed E-state index contributed by atoms with van der Waals surface area (Å²) < 4.78 is 31.3. The summed E-state index contributed by atoms with van der Waals surface area (Å²) in [6.45, 7) is 2.90. The highest BCUT2D eigenvalue weighted by Gasteiger charge is 2.30. The number of benzene rings is 2. The van der Waals surface area contributed by atoms with Crippen LogP contribution in [-0.2, 0) is 14.8 Å². The highest BCUT2D eigenvalue weighted by atomic mass is 32.2. The number of hydrogen-bond acceptors (Lipinski definition) is 5. The van der Waals surface area contributed by atoms with Gasteiger partial charge in [0.05, 0.1) is 30.3 Å². The number of anilines is 2. The van der Waals surface area contributed by atoms with Crippen LogP contribution in [0, 0.1) is 0 Å². The molecule has 0 unspecified atom stereocenters. The predicted molar refractivity (Wildman–Crippen MR) is 129 cm³/mol. The zero-order valence-electron chi connectivity index (χ0n) is 19.3. The third-order valence-electron chi connectivity index (χ3n) is 5.72. The number of methoxy groups -OCH3 is 1. The Kier molecular flexibility index (Phi) is 7.97. The summed E-state index contributed by atoms with van der Waals surface area (Å²) in [7, 11) is -2.25. The van der Waals surface area contributed by atoms with Gasteiger partial charge in [-0.05, 0) is 56.2 Å². The fraction of sp³-hybridized carbons (Fsp3) is 0.417. The van der Waals surface area contributed by atoms with E-state index in [9.17, 15) is 18.0 Å². The Hall–Kier alpha value is -3.07. The fourth-order valence-corrected chi connectivity index (χ4v) is 5.17. The monoisotopic (exact) mass is 473 g/mol. The molecule has 8 nitrogen and oxygen atoms in total. The number of carbonyl (C=O) groups is 2. The molecule has 0 aromatic heterocycles. The summed E-state index contributed by atoms with van der Waals surface area (Å²) in [6, 6.07) is 12.2. The number of carbonyl (C=O) groups excluding carboxylic acids is 2. The van der Waals surface area contributed by atoms with Gasteiger partial charge < -0.3 is 15.0 Å². The van der Waals surface area contributed by atoms with Crippen molar-refractivity contribution in [3.05, 3.63) is 54.1 Å². The molecule has 0 radical (unpaired) electrons. The summed E-state index contributed by atoms with van der Waals surface area (Å²) in [4.78, 5) is 28.1. The summed E-state index contributed by atoms with van der Waals surface area (Å²) in [5.41, 5.74) is 1.11. The molecule has 33 heavy (non-hydrogen) atoms. The van der Waals surface area contributed by atoms with Crippen LogP contribution >= 0.6 is 0 Å². The van der Waals surface area contributed by atoms with E-state index in [2.05, 4.69) is 5.32 Å². The first-order chi connectivity index (χ1) is 15.7. The van der Waals surface area contributed by atoms with Crippen LogP contribution in [0.25, 0.3) is 0 Å². The number of hydrogen-bond donors (Lipinski definition) is 1. The maximum atomic E-state index is 13.2. The SMILES string of the molecule is COc1ccc(N([C@@H](C)C(=O)Nc2ccccc2C(=O)N2CCCCCC2)S(C)(=O)=O)cc1. The quantitative estimate of drug-likeness (QED) is 0.664. The molecule has 1 heterocycles. The Balaban J connectivity index is 1.84. The van der Waals surface area contributed by atoms with E-state index in [-0.39, 0.29) is 5.91 Å². The zero-order chi connectivity index (χ0) is 24.0. The maximum Gasteiger partial charge on any atom is 0.255 e. The van der Waals surface area contributed by atoms with Crippen molar-refractivity contribution in [2.75, 3.05) is 36.1 Å². The smallest absolute Gasteiger partial charge is 0.255 e. The van der Waals surface area contributed by atoms with Gasteiger partial charge in [-0.3, -0.25) is 13.9 Å². The Bertz CT molecular complexity index is 1080. The van der Waals surface area contributed by atoms with Crippen LogP contribution in [0.2, 0.25) is 0 Å². The van der Waals surface area contributed by atoms with E-state index in [0.717, 1.165) is 36.2 Å². The number of ether oxygens (including phenoxy) is 1. The lowest BCUT2D eigenvalue weighted by molar-refractivity contribution is -0.116. The summed E-state index contributed by atoms with van der Waals surface area (Å²) >= 11 is 0. The van der Waals surface area contributed by atoms with Crippen LogP contribution in [0.5, 0.6) is 5.75 Å². The second-order valence-corrected chi connectivity index (χ2v) is 10.0. The minimum Gasteiger partial charge on any atom is -0.497 e. The van der Waals surface area contributed by atoms with Crippen LogP contribution in [-0.4, -0.2) is 57.6 Å². The molecule has 1 aliphatic heterocycles. The number of rotatable bonds is 7. The Labute approximate surface area is 195 Å². The molecule has 2 amide bonds. The second kappa shape index (κ2) is 10.7. The average Bonchev–Trinajstić information content (AvgIpc) is 3.08. The van der Waals surface area contributed by atoms with E-state index >= 15 is 0 Å². The molecule has 0 aliphatic carbocycles. The van der Waals surface area contributed by atoms with Gasteiger partial charge in [-0.15, -0.1) is 0 Å². The zero-order valence-corrected chi connectivity index (χ0v) is 20.1. The fourth-order valence-electron chi connectivity index (χ4n) is 4.00. The van der Waals surface area contributed by atoms with Gasteiger partial charge in [-0.2, -0.15) is 0 Å². The van der Waals surface area contributed by atoms with Crippen molar-refractivity contribution in [2.24, 2.45) is 0 Å². The lowest BCUT2D eigenvalue weighted by atomic mass is 10.1. The number of sulfonamides is 1. The Morgan fingerprint density at radius 3 is 2.18 bits per heavy atom. The van der Waals surface area contributed by atoms with Gasteiger partial charge in [-0.1, -0.05) is 25.0 Å². The highest BCUT2D eigenvalue weighted by Crippen LogP contribution is 2.25. The molecule has 1 saturated heterocycles. The van der Waals surface area contributed by atoms with Crippen molar-refractivity contribution in [3.8, 4) is 5.75 Å². The molecule has 0 saturated carbocycles. The van der Waals surface area contributed by atoms with Gasteiger partial charge in [-0.25, -0.2) is 8.42 Å². The predicted octanol–water partition coefficient (Wildman–Crippen LogP) is 3.50. The lowest BCUT2D eigenvalue weighted by Crippen LogP contribution is -2.45. The van der Waals surface area contributed by atoms with E-state index in [4.69, 9.17) is 4.74 Å². The summed E-state index contributed by atoms with van der Waals surface area (Å²) in [5.74, 6) is -0.0896. The van der Waals surface area contributed by atoms with E-state index in [1.807, 2.05) is 4.90 Å². The van der Waals surface area contributed by atoms with Gasteiger partial charge in [0.2, 0.25) is 15.9 Å². The van der Waals surface area contributed by atoms with Gasteiger partial charge in [0.1, 0.15) is 11.8 Å². The molecule has 2 aromatic carbocycles. The molecule has 9 heteroatoms. The number of likely N-dealkylation sites (tertiary alicyclic amines) is 1. The van der Waals surface area contributed by atoms with Gasteiger partial charge in [0, 0.05) is 13.1 Å². The van der Waals surface area contributed by atoms with Gasteiger partial charge in [0.25, 0.3) is 5.91 Å². The first kappa shape index (κ1) is 24.6. The van der Waals surface area contributed by atoms with Crippen molar-refractivity contribution < 1.29 is 22.7 Å². The summed E-state index contributed by atoms with van der Waals surface area (Å²) in [5, 5.41) is 2.77. The molecular formula is C24H31N3O5S. The van der Waals surface area contributed by atoms with Crippen molar-refractivity contribution in [3.63, 3.8) is 0 Å². The molecule has 0 bridgehead atoms. The molecule has 0 spiro atoms. The minimum absolute atomic E-state index is 0.129.